The van der Waals surface area contributed by atoms with Crippen LogP contribution in [0.5, 0.6) is 0 Å². The van der Waals surface area contributed by atoms with Crippen molar-refractivity contribution in [3.05, 3.63) is 42.9 Å². The molecule has 0 spiro atoms. The van der Waals surface area contributed by atoms with Crippen molar-refractivity contribution >= 4 is 5.91 Å². The van der Waals surface area contributed by atoms with Crippen LogP contribution in [0.4, 0.5) is 0 Å². The van der Waals surface area contributed by atoms with Crippen molar-refractivity contribution in [2.45, 2.75) is 5.79 Å². The zero-order chi connectivity index (χ0) is 11.3. The Balaban J connectivity index is 3.17. The molecule has 4 nitrogen and oxygen atoms in total. The molecule has 1 amide bonds. The minimum Gasteiger partial charge on any atom is -0.349 e. The number of hydrogen-bond donors (Lipinski definition) is 1. The standard InChI is InChI=1S/C11H14NO3/c1-12-10(13)11(14-2,15-3)9-7-5-4-6-8-9/h4-8H,1H2,2-3H3,(H,12,13). The molecule has 1 radical (unpaired) electrons. The summed E-state index contributed by atoms with van der Waals surface area (Å²) < 4.78 is 10.3. The fourth-order valence-corrected chi connectivity index (χ4v) is 1.41. The lowest BCUT2D eigenvalue weighted by Gasteiger charge is -2.28. The van der Waals surface area contributed by atoms with E-state index < -0.39 is 11.7 Å². The predicted octanol–water partition coefficient (Wildman–Crippen LogP) is 1.04. The molecule has 4 heteroatoms. The topological polar surface area (TPSA) is 47.6 Å². The van der Waals surface area contributed by atoms with E-state index in [1.165, 1.54) is 14.2 Å². The molecule has 0 unspecified atom stereocenters. The summed E-state index contributed by atoms with van der Waals surface area (Å²) in [4.78, 5) is 11.7. The van der Waals surface area contributed by atoms with E-state index in [0.717, 1.165) is 0 Å². The second-order valence-corrected chi connectivity index (χ2v) is 2.90. The highest BCUT2D eigenvalue weighted by molar-refractivity contribution is 5.85. The van der Waals surface area contributed by atoms with Gasteiger partial charge in [0.25, 0.3) is 11.7 Å². The van der Waals surface area contributed by atoms with Crippen LogP contribution in [0, 0.1) is 7.05 Å². The van der Waals surface area contributed by atoms with E-state index in [2.05, 4.69) is 12.4 Å². The Morgan fingerprint density at radius 1 is 1.27 bits per heavy atom. The zero-order valence-corrected chi connectivity index (χ0v) is 8.82. The lowest BCUT2D eigenvalue weighted by atomic mass is 10.1. The summed E-state index contributed by atoms with van der Waals surface area (Å²) in [5.74, 6) is -1.87. The number of benzene rings is 1. The van der Waals surface area contributed by atoms with Crippen LogP contribution >= 0.6 is 0 Å². The van der Waals surface area contributed by atoms with E-state index in [-0.39, 0.29) is 0 Å². The average molecular weight is 208 g/mol. The molecule has 0 aliphatic rings. The van der Waals surface area contributed by atoms with Gasteiger partial charge in [0.15, 0.2) is 0 Å². The lowest BCUT2D eigenvalue weighted by Crippen LogP contribution is -2.45. The highest BCUT2D eigenvalue weighted by Gasteiger charge is 2.40. The molecule has 0 saturated heterocycles. The highest BCUT2D eigenvalue weighted by atomic mass is 16.7. The van der Waals surface area contributed by atoms with Gasteiger partial charge < -0.3 is 14.8 Å². The summed E-state index contributed by atoms with van der Waals surface area (Å²) >= 11 is 0. The molecular weight excluding hydrogens is 194 g/mol. The SMILES string of the molecule is [CH2]NC(=O)C(OC)(OC)c1ccccc1. The molecule has 1 rings (SSSR count). The van der Waals surface area contributed by atoms with Crippen LogP contribution in [0.2, 0.25) is 0 Å². The third-order valence-corrected chi connectivity index (χ3v) is 2.19. The van der Waals surface area contributed by atoms with Crippen LogP contribution in [0.1, 0.15) is 5.56 Å². The molecular formula is C11H14NO3. The van der Waals surface area contributed by atoms with Gasteiger partial charge in [-0.1, -0.05) is 30.3 Å². The van der Waals surface area contributed by atoms with E-state index in [1.54, 1.807) is 24.3 Å². The Bertz CT molecular complexity index is 320. The normalized spacial score (nSPS) is 11.1. The van der Waals surface area contributed by atoms with E-state index in [9.17, 15) is 4.79 Å². The van der Waals surface area contributed by atoms with Crippen molar-refractivity contribution in [3.63, 3.8) is 0 Å². The van der Waals surface area contributed by atoms with Crippen molar-refractivity contribution in [1.29, 1.82) is 0 Å². The van der Waals surface area contributed by atoms with Crippen LogP contribution in [0.25, 0.3) is 0 Å². The number of nitrogens with one attached hydrogen (secondary N) is 1. The molecule has 0 aliphatic carbocycles. The van der Waals surface area contributed by atoms with Crippen LogP contribution in [-0.2, 0) is 20.1 Å². The van der Waals surface area contributed by atoms with Crippen LogP contribution < -0.4 is 5.32 Å². The monoisotopic (exact) mass is 208 g/mol. The summed E-state index contributed by atoms with van der Waals surface area (Å²) in [5.41, 5.74) is 0.621. The zero-order valence-electron chi connectivity index (χ0n) is 8.82. The number of hydrogen-bond acceptors (Lipinski definition) is 3. The first kappa shape index (κ1) is 11.7. The summed E-state index contributed by atoms with van der Waals surface area (Å²) in [6.45, 7) is 0. The molecule has 0 aromatic heterocycles. The van der Waals surface area contributed by atoms with Gasteiger partial charge >= 0.3 is 0 Å². The summed E-state index contributed by atoms with van der Waals surface area (Å²) in [6.07, 6.45) is 0. The second kappa shape index (κ2) is 4.91. The summed E-state index contributed by atoms with van der Waals surface area (Å²) in [5, 5.41) is 2.27. The maximum Gasteiger partial charge on any atom is 0.285 e. The maximum atomic E-state index is 11.7. The molecule has 0 heterocycles. The van der Waals surface area contributed by atoms with Gasteiger partial charge in [0, 0.05) is 26.8 Å². The van der Waals surface area contributed by atoms with Crippen molar-refractivity contribution in [1.82, 2.24) is 5.32 Å². The summed E-state index contributed by atoms with van der Waals surface area (Å²) in [7, 11) is 6.13. The molecule has 1 aromatic rings. The molecule has 0 fully saturated rings. The fraction of sp³-hybridized carbons (Fsp3) is 0.273. The third kappa shape index (κ3) is 2.00. The van der Waals surface area contributed by atoms with Crippen molar-refractivity contribution in [2.24, 2.45) is 0 Å². The first-order valence-corrected chi connectivity index (χ1v) is 4.44. The third-order valence-electron chi connectivity index (χ3n) is 2.19. The van der Waals surface area contributed by atoms with Gasteiger partial charge in [-0.05, 0) is 0 Å². The molecule has 1 N–H and O–H groups in total. The minimum absolute atomic E-state index is 0.446. The smallest absolute Gasteiger partial charge is 0.285 e. The lowest BCUT2D eigenvalue weighted by molar-refractivity contribution is -0.214. The average Bonchev–Trinajstić information content (AvgIpc) is 2.32. The Hall–Kier alpha value is -1.39. The Morgan fingerprint density at radius 3 is 2.20 bits per heavy atom. The van der Waals surface area contributed by atoms with Crippen molar-refractivity contribution in [2.75, 3.05) is 14.2 Å². The number of ether oxygens (including phenoxy) is 2. The van der Waals surface area contributed by atoms with Crippen molar-refractivity contribution < 1.29 is 14.3 Å². The Labute approximate surface area is 89.2 Å². The Morgan fingerprint density at radius 2 is 1.80 bits per heavy atom. The highest BCUT2D eigenvalue weighted by Crippen LogP contribution is 2.25. The summed E-state index contributed by atoms with van der Waals surface area (Å²) in [6, 6.07) is 8.96. The van der Waals surface area contributed by atoms with Crippen molar-refractivity contribution in [3.8, 4) is 0 Å². The number of rotatable bonds is 4. The van der Waals surface area contributed by atoms with Crippen LogP contribution in [0.15, 0.2) is 30.3 Å². The van der Waals surface area contributed by atoms with Gasteiger partial charge in [-0.25, -0.2) is 0 Å². The molecule has 81 valence electrons. The number of amides is 1. The molecule has 0 aliphatic heterocycles. The van der Waals surface area contributed by atoms with E-state index in [4.69, 9.17) is 9.47 Å². The number of carbonyl (C=O) groups is 1. The quantitative estimate of drug-likeness (QED) is 0.752. The molecule has 0 saturated carbocycles. The molecule has 0 atom stereocenters. The van der Waals surface area contributed by atoms with Gasteiger partial charge in [0.2, 0.25) is 0 Å². The minimum atomic E-state index is -1.43. The maximum absolute atomic E-state index is 11.7. The van der Waals surface area contributed by atoms with E-state index in [1.807, 2.05) is 6.07 Å². The van der Waals surface area contributed by atoms with E-state index in [0.29, 0.717) is 5.56 Å². The van der Waals surface area contributed by atoms with Gasteiger partial charge in [-0.15, -0.1) is 0 Å². The molecule has 1 aromatic carbocycles. The molecule has 0 bridgehead atoms. The number of methoxy groups -OCH3 is 2. The Kier molecular flexibility index (Phi) is 3.82. The first-order valence-electron chi connectivity index (χ1n) is 4.44. The van der Waals surface area contributed by atoms with Gasteiger partial charge in [0.1, 0.15) is 0 Å². The molecule has 15 heavy (non-hydrogen) atoms. The van der Waals surface area contributed by atoms with Gasteiger partial charge in [0.05, 0.1) is 0 Å². The fourth-order valence-electron chi connectivity index (χ4n) is 1.41. The van der Waals surface area contributed by atoms with Gasteiger partial charge in [-0.2, -0.15) is 0 Å². The number of carbonyl (C=O) groups excluding carboxylic acids is 1. The van der Waals surface area contributed by atoms with Crippen LogP contribution in [0.3, 0.4) is 0 Å². The predicted molar refractivity (Wildman–Crippen MR) is 55.6 cm³/mol. The van der Waals surface area contributed by atoms with Gasteiger partial charge in [-0.3, -0.25) is 4.79 Å². The largest absolute Gasteiger partial charge is 0.349 e. The van der Waals surface area contributed by atoms with Crippen LogP contribution in [-0.4, -0.2) is 20.1 Å². The first-order chi connectivity index (χ1) is 7.21. The van der Waals surface area contributed by atoms with E-state index >= 15 is 0 Å². The second-order valence-electron chi connectivity index (χ2n) is 2.90.